The first-order valence-corrected chi connectivity index (χ1v) is 7.26. The van der Waals surface area contributed by atoms with Crippen molar-refractivity contribution in [1.29, 1.82) is 0 Å². The van der Waals surface area contributed by atoms with Crippen LogP contribution < -0.4 is 0 Å². The molecule has 1 heterocycles. The summed E-state index contributed by atoms with van der Waals surface area (Å²) in [5, 5.41) is 9.75. The van der Waals surface area contributed by atoms with E-state index >= 15 is 0 Å². The first kappa shape index (κ1) is 12.0. The van der Waals surface area contributed by atoms with E-state index in [0.717, 1.165) is 0 Å². The van der Waals surface area contributed by atoms with Gasteiger partial charge in [0.25, 0.3) is 0 Å². The van der Waals surface area contributed by atoms with E-state index in [1.807, 2.05) is 12.1 Å². The minimum Gasteiger partial charge on any atom is -0.508 e. The maximum atomic E-state index is 9.75. The second-order valence-electron chi connectivity index (χ2n) is 5.99. The monoisotopic (exact) mass is 245 g/mol. The smallest absolute Gasteiger partial charge is 0.115 e. The zero-order valence-corrected chi connectivity index (χ0v) is 11.4. The third-order valence-corrected chi connectivity index (χ3v) is 4.73. The summed E-state index contributed by atoms with van der Waals surface area (Å²) in [7, 11) is 0. The Balaban J connectivity index is 1.96. The Morgan fingerprint density at radius 2 is 2.22 bits per heavy atom. The number of nitrogens with zero attached hydrogens (tertiary/aromatic N) is 1. The lowest BCUT2D eigenvalue weighted by atomic mass is 9.76. The fraction of sp³-hybridized carbons (Fsp3) is 0.625. The molecule has 0 spiro atoms. The zero-order chi connectivity index (χ0) is 12.7. The van der Waals surface area contributed by atoms with Crippen molar-refractivity contribution in [3.63, 3.8) is 0 Å². The fourth-order valence-corrected chi connectivity index (χ4v) is 4.07. The Hall–Kier alpha value is -1.02. The van der Waals surface area contributed by atoms with E-state index < -0.39 is 0 Å². The number of phenolic OH excluding ortho intramolecular Hbond substituents is 1. The normalized spacial score (nSPS) is 31.1. The Morgan fingerprint density at radius 3 is 3.00 bits per heavy atom. The summed E-state index contributed by atoms with van der Waals surface area (Å²) in [6.45, 7) is 7.07. The average molecular weight is 245 g/mol. The van der Waals surface area contributed by atoms with Crippen molar-refractivity contribution >= 4 is 0 Å². The van der Waals surface area contributed by atoms with Crippen LogP contribution in [0.25, 0.3) is 0 Å². The highest BCUT2D eigenvalue weighted by Gasteiger charge is 2.42. The molecule has 0 radical (unpaired) electrons. The number of aromatic hydroxyl groups is 1. The van der Waals surface area contributed by atoms with Crippen LogP contribution in [0.15, 0.2) is 18.2 Å². The van der Waals surface area contributed by atoms with Crippen LogP contribution >= 0.6 is 0 Å². The molecule has 0 aromatic heterocycles. The molecule has 1 N–H and O–H groups in total. The molecule has 1 aromatic carbocycles. The van der Waals surface area contributed by atoms with Gasteiger partial charge in [-0.1, -0.05) is 19.9 Å². The SMILES string of the molecule is CCCN1C[C@H](C)[C@@H]2c3cc(O)ccc3CC[C@@H]21. The first-order valence-electron chi connectivity index (χ1n) is 7.26. The minimum atomic E-state index is 0.426. The largest absolute Gasteiger partial charge is 0.508 e. The Labute approximate surface area is 110 Å². The second-order valence-corrected chi connectivity index (χ2v) is 5.99. The van der Waals surface area contributed by atoms with E-state index in [1.165, 1.54) is 43.5 Å². The highest BCUT2D eigenvalue weighted by molar-refractivity contribution is 5.41. The second kappa shape index (κ2) is 4.58. The summed E-state index contributed by atoms with van der Waals surface area (Å²) >= 11 is 0. The van der Waals surface area contributed by atoms with Crippen molar-refractivity contribution in [1.82, 2.24) is 4.90 Å². The van der Waals surface area contributed by atoms with Gasteiger partial charge < -0.3 is 5.11 Å². The molecular weight excluding hydrogens is 222 g/mol. The molecule has 18 heavy (non-hydrogen) atoms. The quantitative estimate of drug-likeness (QED) is 0.865. The molecule has 2 aliphatic rings. The highest BCUT2D eigenvalue weighted by atomic mass is 16.3. The van der Waals surface area contributed by atoms with Crippen LogP contribution in [-0.2, 0) is 6.42 Å². The van der Waals surface area contributed by atoms with Crippen molar-refractivity contribution in [3.8, 4) is 5.75 Å². The molecule has 0 bridgehead atoms. The summed E-state index contributed by atoms with van der Waals surface area (Å²) in [6.07, 6.45) is 3.69. The predicted molar refractivity (Wildman–Crippen MR) is 74.0 cm³/mol. The van der Waals surface area contributed by atoms with Gasteiger partial charge in [-0.2, -0.15) is 0 Å². The molecule has 1 aliphatic carbocycles. The lowest BCUT2D eigenvalue weighted by molar-refractivity contribution is 0.227. The van der Waals surface area contributed by atoms with Crippen LogP contribution in [0.1, 0.15) is 43.7 Å². The summed E-state index contributed by atoms with van der Waals surface area (Å²) in [4.78, 5) is 2.67. The van der Waals surface area contributed by atoms with Gasteiger partial charge in [-0.25, -0.2) is 0 Å². The maximum absolute atomic E-state index is 9.75. The van der Waals surface area contributed by atoms with Gasteiger partial charge in [0.15, 0.2) is 0 Å². The molecule has 0 unspecified atom stereocenters. The number of aryl methyl sites for hydroxylation is 1. The van der Waals surface area contributed by atoms with E-state index in [1.54, 1.807) is 0 Å². The van der Waals surface area contributed by atoms with E-state index in [-0.39, 0.29) is 0 Å². The molecule has 2 heteroatoms. The van der Waals surface area contributed by atoms with Crippen molar-refractivity contribution in [2.45, 2.75) is 45.1 Å². The average Bonchev–Trinajstić information content (AvgIpc) is 2.67. The molecule has 1 aromatic rings. The van der Waals surface area contributed by atoms with Gasteiger partial charge in [0, 0.05) is 18.5 Å². The fourth-order valence-electron chi connectivity index (χ4n) is 4.07. The van der Waals surface area contributed by atoms with Crippen LogP contribution in [0.2, 0.25) is 0 Å². The topological polar surface area (TPSA) is 23.5 Å². The molecule has 1 saturated heterocycles. The van der Waals surface area contributed by atoms with Crippen LogP contribution in [0, 0.1) is 5.92 Å². The lowest BCUT2D eigenvalue weighted by Gasteiger charge is -2.34. The summed E-state index contributed by atoms with van der Waals surface area (Å²) < 4.78 is 0. The molecular formula is C16H23NO. The Bertz CT molecular complexity index is 443. The van der Waals surface area contributed by atoms with Gasteiger partial charge in [0.2, 0.25) is 0 Å². The molecule has 0 saturated carbocycles. The number of hydrogen-bond donors (Lipinski definition) is 1. The molecule has 1 aliphatic heterocycles. The third kappa shape index (κ3) is 1.83. The maximum Gasteiger partial charge on any atom is 0.115 e. The van der Waals surface area contributed by atoms with Gasteiger partial charge in [-0.3, -0.25) is 4.90 Å². The Kier molecular flexibility index (Phi) is 3.06. The molecule has 1 fully saturated rings. The van der Waals surface area contributed by atoms with Crippen LogP contribution in [0.5, 0.6) is 5.75 Å². The summed E-state index contributed by atoms with van der Waals surface area (Å²) in [5.74, 6) is 1.77. The molecule has 0 amide bonds. The number of rotatable bonds is 2. The van der Waals surface area contributed by atoms with Crippen LogP contribution in [0.4, 0.5) is 0 Å². The van der Waals surface area contributed by atoms with Gasteiger partial charge >= 0.3 is 0 Å². The van der Waals surface area contributed by atoms with Crippen molar-refractivity contribution in [3.05, 3.63) is 29.3 Å². The predicted octanol–water partition coefficient (Wildman–Crippen LogP) is 3.15. The molecule has 2 nitrogen and oxygen atoms in total. The van der Waals surface area contributed by atoms with E-state index in [0.29, 0.717) is 23.6 Å². The van der Waals surface area contributed by atoms with Crippen LogP contribution in [0.3, 0.4) is 0 Å². The summed E-state index contributed by atoms with van der Waals surface area (Å²) in [5.41, 5.74) is 2.87. The number of fused-ring (bicyclic) bond motifs is 3. The van der Waals surface area contributed by atoms with Crippen molar-refractivity contribution < 1.29 is 5.11 Å². The molecule has 3 rings (SSSR count). The number of phenols is 1. The number of likely N-dealkylation sites (tertiary alicyclic amines) is 1. The van der Waals surface area contributed by atoms with Crippen molar-refractivity contribution in [2.24, 2.45) is 5.92 Å². The van der Waals surface area contributed by atoms with E-state index in [4.69, 9.17) is 0 Å². The van der Waals surface area contributed by atoms with Gasteiger partial charge in [-0.05, 0) is 55.0 Å². The molecule has 98 valence electrons. The summed E-state index contributed by atoms with van der Waals surface area (Å²) in [6, 6.07) is 6.67. The van der Waals surface area contributed by atoms with Gasteiger partial charge in [0.1, 0.15) is 5.75 Å². The van der Waals surface area contributed by atoms with E-state index in [9.17, 15) is 5.11 Å². The van der Waals surface area contributed by atoms with Crippen LogP contribution in [-0.4, -0.2) is 29.1 Å². The first-order chi connectivity index (χ1) is 8.70. The number of hydrogen-bond acceptors (Lipinski definition) is 2. The van der Waals surface area contributed by atoms with E-state index in [2.05, 4.69) is 24.8 Å². The standard InChI is InChI=1S/C16H23NO/c1-3-8-17-10-11(2)16-14-9-13(18)6-4-12(14)5-7-15(16)17/h4,6,9,11,15-16,18H,3,5,7-8,10H2,1-2H3/t11-,15-,16+/m0/s1. The van der Waals surface area contributed by atoms with Gasteiger partial charge in [0.05, 0.1) is 0 Å². The molecule has 3 atom stereocenters. The Morgan fingerprint density at radius 1 is 1.39 bits per heavy atom. The number of benzene rings is 1. The van der Waals surface area contributed by atoms with Gasteiger partial charge in [-0.15, -0.1) is 0 Å². The third-order valence-electron chi connectivity index (χ3n) is 4.73. The minimum absolute atomic E-state index is 0.426. The lowest BCUT2D eigenvalue weighted by Crippen LogP contribution is -2.35. The zero-order valence-electron chi connectivity index (χ0n) is 11.4. The van der Waals surface area contributed by atoms with Crippen molar-refractivity contribution in [2.75, 3.05) is 13.1 Å². The highest BCUT2D eigenvalue weighted by Crippen LogP contribution is 2.45.